The van der Waals surface area contributed by atoms with Crippen molar-refractivity contribution in [1.82, 2.24) is 4.90 Å². The monoisotopic (exact) mass is 339 g/mol. The third kappa shape index (κ3) is 4.23. The van der Waals surface area contributed by atoms with E-state index in [0.29, 0.717) is 5.75 Å². The van der Waals surface area contributed by atoms with Crippen LogP contribution in [-0.4, -0.2) is 23.1 Å². The van der Waals surface area contributed by atoms with Gasteiger partial charge in [0.15, 0.2) is 0 Å². The molecule has 1 N–H and O–H groups in total. The molecule has 0 radical (unpaired) electrons. The Bertz CT molecular complexity index is 447. The minimum Gasteiger partial charge on any atom is -0.507 e. The molecule has 1 aliphatic rings. The number of hydrogen-bond donors (Lipinski definition) is 1. The molecule has 0 aliphatic carbocycles. The van der Waals surface area contributed by atoms with Crippen LogP contribution in [0.2, 0.25) is 0 Å². The Hall–Kier alpha value is -0.540. The molecule has 0 aromatic heterocycles. The second-order valence-corrected chi connectivity index (χ2v) is 7.01. The third-order valence-electron chi connectivity index (χ3n) is 4.38. The number of phenolic OH excluding ortho intramolecular Hbond substituents is 1. The zero-order valence-electron chi connectivity index (χ0n) is 12.7. The fourth-order valence-electron chi connectivity index (χ4n) is 3.25. The molecule has 1 aromatic carbocycles. The van der Waals surface area contributed by atoms with Gasteiger partial charge in [0.1, 0.15) is 5.75 Å². The molecular weight excluding hydrogens is 314 g/mol. The normalized spacial score (nSPS) is 20.9. The summed E-state index contributed by atoms with van der Waals surface area (Å²) in [5.74, 6) is 1.37. The predicted molar refractivity (Wildman–Crippen MR) is 88.1 cm³/mol. The molecule has 1 aromatic rings. The molecule has 0 spiro atoms. The van der Waals surface area contributed by atoms with Crippen molar-refractivity contribution in [2.24, 2.45) is 5.92 Å². The fraction of sp³-hybridized carbons (Fsp3) is 0.647. The summed E-state index contributed by atoms with van der Waals surface area (Å²) in [5.41, 5.74) is 2.00. The zero-order chi connectivity index (χ0) is 14.5. The smallest absolute Gasteiger partial charge is 0.123 e. The molecule has 20 heavy (non-hydrogen) atoms. The summed E-state index contributed by atoms with van der Waals surface area (Å²) in [7, 11) is 0. The van der Waals surface area contributed by atoms with Crippen molar-refractivity contribution in [3.63, 3.8) is 0 Å². The van der Waals surface area contributed by atoms with E-state index >= 15 is 0 Å². The van der Waals surface area contributed by atoms with Gasteiger partial charge in [-0.1, -0.05) is 35.7 Å². The molecular formula is C17H26BrNO. The molecule has 112 valence electrons. The van der Waals surface area contributed by atoms with Crippen LogP contribution in [0.4, 0.5) is 0 Å². The summed E-state index contributed by atoms with van der Waals surface area (Å²) in [6.07, 6.45) is 6.64. The highest BCUT2D eigenvalue weighted by Gasteiger charge is 2.18. The first-order valence-corrected chi connectivity index (χ1v) is 8.59. The number of aromatic hydroxyl groups is 1. The number of rotatable bonds is 4. The van der Waals surface area contributed by atoms with E-state index in [1.54, 1.807) is 0 Å². The van der Waals surface area contributed by atoms with Gasteiger partial charge in [-0.15, -0.1) is 0 Å². The van der Waals surface area contributed by atoms with E-state index in [-0.39, 0.29) is 0 Å². The van der Waals surface area contributed by atoms with Crippen molar-refractivity contribution in [2.45, 2.75) is 52.5 Å². The highest BCUT2D eigenvalue weighted by atomic mass is 79.9. The highest BCUT2D eigenvalue weighted by Crippen LogP contribution is 2.29. The van der Waals surface area contributed by atoms with Crippen LogP contribution in [0.5, 0.6) is 5.75 Å². The van der Waals surface area contributed by atoms with E-state index in [1.807, 2.05) is 13.0 Å². The largest absolute Gasteiger partial charge is 0.507 e. The minimum absolute atomic E-state index is 0.461. The van der Waals surface area contributed by atoms with Gasteiger partial charge in [-0.2, -0.15) is 0 Å². The summed E-state index contributed by atoms with van der Waals surface area (Å²) < 4.78 is 1.06. The van der Waals surface area contributed by atoms with Crippen LogP contribution in [-0.2, 0) is 6.54 Å². The van der Waals surface area contributed by atoms with Crippen LogP contribution in [0.1, 0.15) is 50.2 Å². The Labute approximate surface area is 131 Å². The van der Waals surface area contributed by atoms with Crippen LogP contribution in [0, 0.1) is 12.8 Å². The first-order chi connectivity index (χ1) is 9.60. The quantitative estimate of drug-likeness (QED) is 0.846. The summed E-state index contributed by atoms with van der Waals surface area (Å²) in [6.45, 7) is 7.43. The van der Waals surface area contributed by atoms with Gasteiger partial charge in [-0.25, -0.2) is 0 Å². The van der Waals surface area contributed by atoms with Gasteiger partial charge >= 0.3 is 0 Å². The number of phenols is 1. The van der Waals surface area contributed by atoms with Gasteiger partial charge in [0.05, 0.1) is 0 Å². The highest BCUT2D eigenvalue weighted by molar-refractivity contribution is 9.10. The van der Waals surface area contributed by atoms with Crippen molar-refractivity contribution in [3.8, 4) is 5.75 Å². The number of benzene rings is 1. The van der Waals surface area contributed by atoms with Crippen molar-refractivity contribution >= 4 is 15.9 Å². The fourth-order valence-corrected chi connectivity index (χ4v) is 3.87. The second kappa shape index (κ2) is 7.46. The Balaban J connectivity index is 2.00. The number of nitrogens with zero attached hydrogens (tertiary/aromatic N) is 1. The van der Waals surface area contributed by atoms with Crippen molar-refractivity contribution in [2.75, 3.05) is 13.1 Å². The zero-order valence-corrected chi connectivity index (χ0v) is 14.2. The van der Waals surface area contributed by atoms with Crippen molar-refractivity contribution in [1.29, 1.82) is 0 Å². The van der Waals surface area contributed by atoms with Crippen molar-refractivity contribution < 1.29 is 5.11 Å². The van der Waals surface area contributed by atoms with E-state index < -0.39 is 0 Å². The van der Waals surface area contributed by atoms with E-state index in [4.69, 9.17) is 0 Å². The Kier molecular flexibility index (Phi) is 5.91. The molecule has 1 heterocycles. The van der Waals surface area contributed by atoms with Crippen LogP contribution >= 0.6 is 15.9 Å². The molecule has 2 nitrogen and oxygen atoms in total. The standard InChI is InChI=1S/C17H26BrNO/c1-3-5-14-6-4-8-19(9-7-14)12-15-11-16(18)10-13(2)17(15)20/h10-11,14,20H,3-9,12H2,1-2H3. The van der Waals surface area contributed by atoms with E-state index in [2.05, 4.69) is 33.8 Å². The summed E-state index contributed by atoms with van der Waals surface area (Å²) in [6, 6.07) is 4.02. The lowest BCUT2D eigenvalue weighted by molar-refractivity contribution is 0.267. The van der Waals surface area contributed by atoms with Crippen LogP contribution in [0.3, 0.4) is 0 Å². The molecule has 1 aliphatic heterocycles. The molecule has 3 heteroatoms. The lowest BCUT2D eigenvalue weighted by Crippen LogP contribution is -2.24. The molecule has 1 unspecified atom stereocenters. The van der Waals surface area contributed by atoms with E-state index in [9.17, 15) is 5.11 Å². The van der Waals surface area contributed by atoms with E-state index in [1.165, 1.54) is 32.1 Å². The maximum Gasteiger partial charge on any atom is 0.123 e. The number of aryl methyl sites for hydroxylation is 1. The van der Waals surface area contributed by atoms with Crippen LogP contribution in [0.25, 0.3) is 0 Å². The summed E-state index contributed by atoms with van der Waals surface area (Å²) >= 11 is 3.53. The van der Waals surface area contributed by atoms with Gasteiger partial charge in [0.2, 0.25) is 0 Å². The number of hydrogen-bond acceptors (Lipinski definition) is 2. The van der Waals surface area contributed by atoms with Gasteiger partial charge in [0, 0.05) is 16.6 Å². The van der Waals surface area contributed by atoms with Gasteiger partial charge in [0.25, 0.3) is 0 Å². The molecule has 0 amide bonds. The Morgan fingerprint density at radius 1 is 1.30 bits per heavy atom. The van der Waals surface area contributed by atoms with Gasteiger partial charge < -0.3 is 5.11 Å². The van der Waals surface area contributed by atoms with Gasteiger partial charge in [-0.05, 0) is 62.9 Å². The second-order valence-electron chi connectivity index (χ2n) is 6.09. The van der Waals surface area contributed by atoms with E-state index in [0.717, 1.165) is 41.2 Å². The maximum absolute atomic E-state index is 10.2. The SMILES string of the molecule is CCCC1CCCN(Cc2cc(Br)cc(C)c2O)CC1. The Morgan fingerprint density at radius 2 is 2.10 bits per heavy atom. The molecule has 1 saturated heterocycles. The molecule has 1 atom stereocenters. The van der Waals surface area contributed by atoms with Gasteiger partial charge in [-0.3, -0.25) is 4.90 Å². The average Bonchev–Trinajstić information content (AvgIpc) is 2.62. The Morgan fingerprint density at radius 3 is 2.85 bits per heavy atom. The average molecular weight is 340 g/mol. The third-order valence-corrected chi connectivity index (χ3v) is 4.83. The van der Waals surface area contributed by atoms with Crippen molar-refractivity contribution in [3.05, 3.63) is 27.7 Å². The molecule has 0 bridgehead atoms. The molecule has 1 fully saturated rings. The summed E-state index contributed by atoms with van der Waals surface area (Å²) in [4.78, 5) is 2.50. The maximum atomic E-state index is 10.2. The van der Waals surface area contributed by atoms with Crippen LogP contribution in [0.15, 0.2) is 16.6 Å². The lowest BCUT2D eigenvalue weighted by Gasteiger charge is -2.21. The lowest BCUT2D eigenvalue weighted by atomic mass is 9.96. The summed E-state index contributed by atoms with van der Waals surface area (Å²) in [5, 5.41) is 10.2. The van der Waals surface area contributed by atoms with Crippen LogP contribution < -0.4 is 0 Å². The molecule has 0 saturated carbocycles. The first kappa shape index (κ1) is 15.8. The topological polar surface area (TPSA) is 23.5 Å². The first-order valence-electron chi connectivity index (χ1n) is 7.80. The number of likely N-dealkylation sites (tertiary alicyclic amines) is 1. The number of halogens is 1. The minimum atomic E-state index is 0.461. The molecule has 2 rings (SSSR count). The predicted octanol–water partition coefficient (Wildman–Crippen LogP) is 4.87.